The fourth-order valence-electron chi connectivity index (χ4n) is 3.03. The first-order valence-corrected chi connectivity index (χ1v) is 11.3. The lowest BCUT2D eigenvalue weighted by molar-refractivity contribution is -0.240. The van der Waals surface area contributed by atoms with Crippen LogP contribution in [0.1, 0.15) is 50.8 Å². The number of benzene rings is 2. The summed E-state index contributed by atoms with van der Waals surface area (Å²) in [6.45, 7) is 4.82. The standard InChI is InChI=1S/C26H25ClF3NO4/c1-24(2,3)23(33)35-21(17-7-5-4-6-8-17)22(32)31-20-12-11-18(27)15-19(20)25(34,26(28,29)30)14-13-16-9-10-16/h4-8,11-12,15-16,21,34H,9-10H2,1-3H3,(H,31,32)/t21-,25+/m1/s1. The zero-order chi connectivity index (χ0) is 26.0. The maximum absolute atomic E-state index is 14.1. The molecule has 186 valence electrons. The minimum absolute atomic E-state index is 0.0901. The van der Waals surface area contributed by atoms with Crippen molar-refractivity contribution in [3.05, 3.63) is 64.7 Å². The summed E-state index contributed by atoms with van der Waals surface area (Å²) in [5, 5.41) is 13.0. The highest BCUT2D eigenvalue weighted by Gasteiger charge is 2.56. The van der Waals surface area contributed by atoms with Crippen molar-refractivity contribution in [2.24, 2.45) is 11.3 Å². The van der Waals surface area contributed by atoms with Crippen molar-refractivity contribution in [3.63, 3.8) is 0 Å². The van der Waals surface area contributed by atoms with E-state index >= 15 is 0 Å². The van der Waals surface area contributed by atoms with Crippen molar-refractivity contribution >= 4 is 29.2 Å². The Morgan fingerprint density at radius 3 is 2.29 bits per heavy atom. The van der Waals surface area contributed by atoms with Gasteiger partial charge in [0.15, 0.2) is 0 Å². The number of ether oxygens (including phenoxy) is 1. The molecule has 0 unspecified atom stereocenters. The first-order valence-electron chi connectivity index (χ1n) is 10.9. The Bertz CT molecular complexity index is 1160. The molecule has 2 atom stereocenters. The predicted octanol–water partition coefficient (Wildman–Crippen LogP) is 5.77. The third-order valence-corrected chi connectivity index (χ3v) is 5.49. The van der Waals surface area contributed by atoms with Gasteiger partial charge in [0.05, 0.1) is 5.41 Å². The van der Waals surface area contributed by atoms with Gasteiger partial charge in [-0.1, -0.05) is 53.8 Å². The van der Waals surface area contributed by atoms with Crippen molar-refractivity contribution < 1.29 is 32.6 Å². The number of aliphatic hydroxyl groups is 1. The second kappa shape index (κ2) is 9.92. The van der Waals surface area contributed by atoms with E-state index in [1.54, 1.807) is 51.1 Å². The van der Waals surface area contributed by atoms with E-state index in [9.17, 15) is 27.9 Å². The van der Waals surface area contributed by atoms with Gasteiger partial charge in [-0.2, -0.15) is 13.2 Å². The fraction of sp³-hybridized carbons (Fsp3) is 0.385. The molecular formula is C26H25ClF3NO4. The van der Waals surface area contributed by atoms with Crippen LogP contribution in [0.4, 0.5) is 18.9 Å². The molecule has 0 spiro atoms. The van der Waals surface area contributed by atoms with Crippen LogP contribution in [0, 0.1) is 23.2 Å². The lowest BCUT2D eigenvalue weighted by Gasteiger charge is -2.29. The topological polar surface area (TPSA) is 75.6 Å². The molecule has 0 heterocycles. The van der Waals surface area contributed by atoms with Crippen molar-refractivity contribution in [2.45, 2.75) is 51.5 Å². The molecule has 0 aliphatic heterocycles. The van der Waals surface area contributed by atoms with E-state index in [2.05, 4.69) is 11.2 Å². The Hall–Kier alpha value is -3.02. The van der Waals surface area contributed by atoms with Crippen LogP contribution in [0.15, 0.2) is 48.5 Å². The molecule has 9 heteroatoms. The van der Waals surface area contributed by atoms with E-state index in [1.807, 2.05) is 5.92 Å². The van der Waals surface area contributed by atoms with E-state index in [0.29, 0.717) is 18.4 Å². The van der Waals surface area contributed by atoms with Crippen LogP contribution < -0.4 is 5.32 Å². The Labute approximate surface area is 206 Å². The molecule has 0 bridgehead atoms. The van der Waals surface area contributed by atoms with Gasteiger partial charge >= 0.3 is 12.1 Å². The molecule has 0 radical (unpaired) electrons. The number of nitrogens with one attached hydrogen (secondary N) is 1. The lowest BCUT2D eigenvalue weighted by Crippen LogP contribution is -2.42. The number of anilines is 1. The summed E-state index contributed by atoms with van der Waals surface area (Å²) in [6.07, 6.45) is -5.34. The van der Waals surface area contributed by atoms with Crippen LogP contribution in [-0.4, -0.2) is 23.2 Å². The van der Waals surface area contributed by atoms with Crippen molar-refractivity contribution in [1.82, 2.24) is 0 Å². The number of amides is 1. The maximum atomic E-state index is 14.1. The highest BCUT2D eigenvalue weighted by molar-refractivity contribution is 6.30. The molecule has 2 aromatic carbocycles. The van der Waals surface area contributed by atoms with Crippen LogP contribution in [0.5, 0.6) is 0 Å². The van der Waals surface area contributed by atoms with Gasteiger partial charge in [0.1, 0.15) is 0 Å². The Balaban J connectivity index is 2.03. The fourth-order valence-corrected chi connectivity index (χ4v) is 3.20. The van der Waals surface area contributed by atoms with Crippen LogP contribution in [0.2, 0.25) is 5.02 Å². The quantitative estimate of drug-likeness (QED) is 0.398. The normalized spacial score (nSPS) is 16.3. The number of carbonyl (C=O) groups excluding carboxylic acids is 2. The molecule has 1 saturated carbocycles. The number of carbonyl (C=O) groups is 2. The molecule has 3 rings (SSSR count). The number of alkyl halides is 3. The molecule has 1 fully saturated rings. The average molecular weight is 508 g/mol. The zero-order valence-electron chi connectivity index (χ0n) is 19.4. The molecule has 0 saturated heterocycles. The monoisotopic (exact) mass is 507 g/mol. The third-order valence-electron chi connectivity index (χ3n) is 5.25. The van der Waals surface area contributed by atoms with Crippen molar-refractivity contribution in [2.75, 3.05) is 5.32 Å². The van der Waals surface area contributed by atoms with Crippen LogP contribution in [0.3, 0.4) is 0 Å². The van der Waals surface area contributed by atoms with E-state index in [0.717, 1.165) is 12.1 Å². The highest BCUT2D eigenvalue weighted by atomic mass is 35.5. The summed E-state index contributed by atoms with van der Waals surface area (Å²) in [4.78, 5) is 25.8. The van der Waals surface area contributed by atoms with Gasteiger partial charge in [-0.05, 0) is 51.8 Å². The molecule has 35 heavy (non-hydrogen) atoms. The predicted molar refractivity (Wildman–Crippen MR) is 125 cm³/mol. The second-order valence-corrected chi connectivity index (χ2v) is 9.81. The average Bonchev–Trinajstić information content (AvgIpc) is 3.60. The first kappa shape index (κ1) is 26.6. The Kier molecular flexibility index (Phi) is 7.53. The van der Waals surface area contributed by atoms with Crippen LogP contribution in [-0.2, 0) is 19.9 Å². The molecular weight excluding hydrogens is 483 g/mol. The summed E-state index contributed by atoms with van der Waals surface area (Å²) >= 11 is 5.95. The molecule has 1 amide bonds. The minimum Gasteiger partial charge on any atom is -0.447 e. The summed E-state index contributed by atoms with van der Waals surface area (Å²) in [5.41, 5.74) is -5.29. The lowest BCUT2D eigenvalue weighted by atomic mass is 9.91. The Morgan fingerprint density at radius 1 is 1.11 bits per heavy atom. The van der Waals surface area contributed by atoms with E-state index in [-0.39, 0.29) is 16.6 Å². The molecule has 1 aliphatic rings. The smallest absolute Gasteiger partial charge is 0.433 e. The van der Waals surface area contributed by atoms with E-state index < -0.39 is 40.7 Å². The number of hydrogen-bond acceptors (Lipinski definition) is 4. The summed E-state index contributed by atoms with van der Waals surface area (Å²) in [6, 6.07) is 11.4. The van der Waals surface area contributed by atoms with Gasteiger partial charge in [0, 0.05) is 27.8 Å². The molecule has 0 aromatic heterocycles. The number of hydrogen-bond donors (Lipinski definition) is 2. The summed E-state index contributed by atoms with van der Waals surface area (Å²) in [7, 11) is 0. The van der Waals surface area contributed by atoms with Crippen LogP contribution in [0.25, 0.3) is 0 Å². The molecule has 2 N–H and O–H groups in total. The molecule has 2 aromatic rings. The molecule has 5 nitrogen and oxygen atoms in total. The Morgan fingerprint density at radius 2 is 1.74 bits per heavy atom. The van der Waals surface area contributed by atoms with Gasteiger partial charge in [0.25, 0.3) is 5.91 Å². The zero-order valence-corrected chi connectivity index (χ0v) is 20.1. The van der Waals surface area contributed by atoms with E-state index in [4.69, 9.17) is 16.3 Å². The maximum Gasteiger partial charge on any atom is 0.433 e. The van der Waals surface area contributed by atoms with Crippen LogP contribution >= 0.6 is 11.6 Å². The number of halogens is 4. The minimum atomic E-state index is -5.18. The number of esters is 1. The van der Waals surface area contributed by atoms with Gasteiger partial charge in [0.2, 0.25) is 11.7 Å². The summed E-state index contributed by atoms with van der Waals surface area (Å²) < 4.78 is 47.6. The van der Waals surface area contributed by atoms with Gasteiger partial charge < -0.3 is 15.2 Å². The van der Waals surface area contributed by atoms with E-state index in [1.165, 1.54) is 6.07 Å². The largest absolute Gasteiger partial charge is 0.447 e. The molecule has 1 aliphatic carbocycles. The van der Waals surface area contributed by atoms with Gasteiger partial charge in [-0.3, -0.25) is 9.59 Å². The highest BCUT2D eigenvalue weighted by Crippen LogP contribution is 2.43. The van der Waals surface area contributed by atoms with Crippen molar-refractivity contribution in [3.8, 4) is 11.8 Å². The van der Waals surface area contributed by atoms with Crippen molar-refractivity contribution in [1.29, 1.82) is 0 Å². The summed E-state index contributed by atoms with van der Waals surface area (Å²) in [5.74, 6) is 2.59. The van der Waals surface area contributed by atoms with Gasteiger partial charge in [-0.15, -0.1) is 0 Å². The number of rotatable bonds is 5. The first-order chi connectivity index (χ1) is 16.2. The van der Waals surface area contributed by atoms with Gasteiger partial charge in [-0.25, -0.2) is 0 Å². The third kappa shape index (κ3) is 6.36. The SMILES string of the molecule is CC(C)(C)C(=O)O[C@@H](C(=O)Nc1ccc(Cl)cc1[C@@](O)(C#CC1CC1)C(F)(F)F)c1ccccc1. The second-order valence-electron chi connectivity index (χ2n) is 9.38.